The van der Waals surface area contributed by atoms with Gasteiger partial charge in [-0.2, -0.15) is 0 Å². The summed E-state index contributed by atoms with van der Waals surface area (Å²) in [5, 5.41) is 0.903. The van der Waals surface area contributed by atoms with E-state index in [9.17, 15) is 4.79 Å². The summed E-state index contributed by atoms with van der Waals surface area (Å²) in [6.45, 7) is 2.43. The number of likely N-dealkylation sites (tertiary alicyclic amines) is 1. The lowest BCUT2D eigenvalue weighted by Gasteiger charge is -2.41. The quantitative estimate of drug-likeness (QED) is 0.516. The summed E-state index contributed by atoms with van der Waals surface area (Å²) in [5.74, 6) is 1.70. The van der Waals surface area contributed by atoms with E-state index < -0.39 is 0 Å². The van der Waals surface area contributed by atoms with E-state index in [-0.39, 0.29) is 12.0 Å². The van der Waals surface area contributed by atoms with Crippen LogP contribution in [0.15, 0.2) is 11.4 Å². The second-order valence-corrected chi connectivity index (χ2v) is 9.78. The molecule has 6 nitrogen and oxygen atoms in total. The van der Waals surface area contributed by atoms with Crippen LogP contribution in [0.5, 0.6) is 0 Å². The zero-order valence-electron chi connectivity index (χ0n) is 16.8. The summed E-state index contributed by atoms with van der Waals surface area (Å²) in [5.41, 5.74) is 0.324. The fourth-order valence-corrected chi connectivity index (χ4v) is 5.08. The molecule has 4 rings (SSSR count). The van der Waals surface area contributed by atoms with Gasteiger partial charge < -0.3 is 14.5 Å². The summed E-state index contributed by atoms with van der Waals surface area (Å²) in [4.78, 5) is 25.8. The fourth-order valence-electron chi connectivity index (χ4n) is 4.57. The Morgan fingerprint density at radius 3 is 2.68 bits per heavy atom. The van der Waals surface area contributed by atoms with Crippen molar-refractivity contribution in [1.82, 2.24) is 19.8 Å². The van der Waals surface area contributed by atoms with Gasteiger partial charge in [0.15, 0.2) is 10.9 Å². The smallest absolute Gasteiger partial charge is 0.274 e. The molecule has 4 atom stereocenters. The highest BCUT2D eigenvalue weighted by atomic mass is 35.5. The maximum atomic E-state index is 13.1. The Kier molecular flexibility index (Phi) is 6.16. The molecule has 1 aliphatic heterocycles. The molecular formula is C20H29ClN4O2S. The van der Waals surface area contributed by atoms with Crippen molar-refractivity contribution in [2.24, 2.45) is 17.8 Å². The second kappa shape index (κ2) is 8.46. The number of ether oxygens (including phenoxy) is 1. The van der Waals surface area contributed by atoms with E-state index in [1.807, 2.05) is 11.2 Å². The van der Waals surface area contributed by atoms with E-state index in [0.29, 0.717) is 33.8 Å². The molecule has 154 valence electrons. The number of thioether (sulfide) groups is 1. The average Bonchev–Trinajstić information content (AvgIpc) is 3.42. The van der Waals surface area contributed by atoms with Crippen LogP contribution in [0.3, 0.4) is 0 Å². The molecule has 3 aliphatic rings. The third-order valence-corrected chi connectivity index (χ3v) is 7.22. The largest absolute Gasteiger partial charge is 0.376 e. The van der Waals surface area contributed by atoms with Gasteiger partial charge in [0.25, 0.3) is 5.91 Å². The van der Waals surface area contributed by atoms with E-state index in [2.05, 4.69) is 29.0 Å². The molecule has 2 heterocycles. The Morgan fingerprint density at radius 1 is 1.32 bits per heavy atom. The number of amides is 1. The SMILES string of the molecule is CSc1ncc(Cl)c(C(=O)N2C[C@H]3C[C@@H](N(C)C)[C@H](OCC4CC4)C[C@H]3C2)n1. The number of likely N-dealkylation sites (N-methyl/N-ethyl adjacent to an activating group) is 1. The summed E-state index contributed by atoms with van der Waals surface area (Å²) >= 11 is 7.65. The molecule has 0 radical (unpaired) electrons. The highest BCUT2D eigenvalue weighted by Crippen LogP contribution is 2.40. The van der Waals surface area contributed by atoms with Crippen molar-refractivity contribution in [3.63, 3.8) is 0 Å². The van der Waals surface area contributed by atoms with Gasteiger partial charge in [-0.25, -0.2) is 9.97 Å². The lowest BCUT2D eigenvalue weighted by Crippen LogP contribution is -2.48. The minimum atomic E-state index is -0.0750. The van der Waals surface area contributed by atoms with Crippen LogP contribution in [0.25, 0.3) is 0 Å². The van der Waals surface area contributed by atoms with Gasteiger partial charge in [-0.1, -0.05) is 23.4 Å². The highest BCUT2D eigenvalue weighted by molar-refractivity contribution is 7.98. The molecule has 0 spiro atoms. The van der Waals surface area contributed by atoms with Crippen LogP contribution in [-0.2, 0) is 4.74 Å². The monoisotopic (exact) mass is 424 g/mol. The van der Waals surface area contributed by atoms with Crippen molar-refractivity contribution in [1.29, 1.82) is 0 Å². The minimum absolute atomic E-state index is 0.0750. The number of halogens is 1. The van der Waals surface area contributed by atoms with Crippen molar-refractivity contribution in [2.45, 2.75) is 43.0 Å². The van der Waals surface area contributed by atoms with Gasteiger partial charge in [-0.3, -0.25) is 4.79 Å². The van der Waals surface area contributed by atoms with Crippen molar-refractivity contribution in [3.8, 4) is 0 Å². The van der Waals surface area contributed by atoms with Gasteiger partial charge in [0, 0.05) is 25.7 Å². The van der Waals surface area contributed by atoms with Gasteiger partial charge in [0.2, 0.25) is 0 Å². The maximum Gasteiger partial charge on any atom is 0.274 e. The highest BCUT2D eigenvalue weighted by Gasteiger charge is 2.45. The molecule has 0 bridgehead atoms. The third kappa shape index (κ3) is 4.32. The van der Waals surface area contributed by atoms with Crippen molar-refractivity contribution < 1.29 is 9.53 Å². The number of carbonyl (C=O) groups is 1. The topological polar surface area (TPSA) is 58.6 Å². The van der Waals surface area contributed by atoms with Crippen molar-refractivity contribution >= 4 is 29.3 Å². The lowest BCUT2D eigenvalue weighted by atomic mass is 9.77. The van der Waals surface area contributed by atoms with Gasteiger partial charge in [-0.05, 0) is 63.8 Å². The van der Waals surface area contributed by atoms with Crippen molar-refractivity contribution in [3.05, 3.63) is 16.9 Å². The minimum Gasteiger partial charge on any atom is -0.376 e. The van der Waals surface area contributed by atoms with E-state index in [1.54, 1.807) is 0 Å². The first-order valence-electron chi connectivity index (χ1n) is 10.1. The first-order chi connectivity index (χ1) is 13.5. The molecule has 0 unspecified atom stereocenters. The Labute approximate surface area is 176 Å². The average molecular weight is 425 g/mol. The molecule has 1 saturated heterocycles. The van der Waals surface area contributed by atoms with Gasteiger partial charge >= 0.3 is 0 Å². The van der Waals surface area contributed by atoms with Crippen LogP contribution in [-0.4, -0.2) is 77.9 Å². The third-order valence-electron chi connectivity index (χ3n) is 6.39. The van der Waals surface area contributed by atoms with E-state index >= 15 is 0 Å². The molecule has 1 aromatic heterocycles. The van der Waals surface area contributed by atoms with Crippen LogP contribution in [0.2, 0.25) is 5.02 Å². The number of hydrogen-bond acceptors (Lipinski definition) is 6. The predicted molar refractivity (Wildman–Crippen MR) is 111 cm³/mol. The Hall–Kier alpha value is -0.890. The molecular weight excluding hydrogens is 396 g/mol. The Balaban J connectivity index is 1.45. The zero-order valence-corrected chi connectivity index (χ0v) is 18.4. The second-order valence-electron chi connectivity index (χ2n) is 8.60. The summed E-state index contributed by atoms with van der Waals surface area (Å²) < 4.78 is 6.33. The van der Waals surface area contributed by atoms with Crippen LogP contribution in [0.1, 0.15) is 36.2 Å². The predicted octanol–water partition coefficient (Wildman–Crippen LogP) is 3.06. The van der Waals surface area contributed by atoms with Crippen LogP contribution in [0, 0.1) is 17.8 Å². The number of rotatable bonds is 6. The molecule has 1 amide bonds. The molecule has 2 saturated carbocycles. The van der Waals surface area contributed by atoms with Crippen LogP contribution >= 0.6 is 23.4 Å². The zero-order chi connectivity index (χ0) is 19.8. The normalized spacial score (nSPS) is 30.0. The number of nitrogens with zero attached hydrogens (tertiary/aromatic N) is 4. The maximum absolute atomic E-state index is 13.1. The summed E-state index contributed by atoms with van der Waals surface area (Å²) in [7, 11) is 4.28. The lowest BCUT2D eigenvalue weighted by molar-refractivity contribution is -0.0493. The number of hydrogen-bond donors (Lipinski definition) is 0. The Bertz CT molecular complexity index is 730. The van der Waals surface area contributed by atoms with Crippen molar-refractivity contribution in [2.75, 3.05) is 40.0 Å². The molecule has 8 heteroatoms. The molecule has 1 aromatic rings. The van der Waals surface area contributed by atoms with Gasteiger partial charge in [0.1, 0.15) is 0 Å². The number of aromatic nitrogens is 2. The standard InChI is InChI=1S/C20H29ClN4O2S/c1-24(2)16-6-13-9-25(10-14(13)7-17(16)27-11-12-4-5-12)19(26)18-15(21)8-22-20(23-18)28-3/h8,12-14,16-17H,4-7,9-11H2,1-3H3/t13-,14+,16-,17-/m1/s1. The first-order valence-corrected chi connectivity index (χ1v) is 11.7. The van der Waals surface area contributed by atoms with Crippen LogP contribution < -0.4 is 0 Å². The molecule has 28 heavy (non-hydrogen) atoms. The fraction of sp³-hybridized carbons (Fsp3) is 0.750. The molecule has 0 N–H and O–H groups in total. The Morgan fingerprint density at radius 2 is 2.04 bits per heavy atom. The number of fused-ring (bicyclic) bond motifs is 1. The van der Waals surface area contributed by atoms with E-state index in [4.69, 9.17) is 16.3 Å². The molecule has 0 aromatic carbocycles. The van der Waals surface area contributed by atoms with Gasteiger partial charge in [-0.15, -0.1) is 0 Å². The van der Waals surface area contributed by atoms with Crippen LogP contribution in [0.4, 0.5) is 0 Å². The summed E-state index contributed by atoms with van der Waals surface area (Å²) in [6.07, 6.45) is 8.40. The molecule has 3 fully saturated rings. The van der Waals surface area contributed by atoms with E-state index in [1.165, 1.54) is 30.8 Å². The van der Waals surface area contributed by atoms with E-state index in [0.717, 1.165) is 38.5 Å². The summed E-state index contributed by atoms with van der Waals surface area (Å²) in [6, 6.07) is 0.417. The first kappa shape index (κ1) is 20.4. The molecule has 2 aliphatic carbocycles. The number of carbonyl (C=O) groups excluding carboxylic acids is 1. The van der Waals surface area contributed by atoms with Gasteiger partial charge in [0.05, 0.1) is 17.3 Å².